The maximum atomic E-state index is 14.8. The normalized spacial score (nSPS) is 22.6. The summed E-state index contributed by atoms with van der Waals surface area (Å²) < 4.78 is 70.3. The second-order valence-electron chi connectivity index (χ2n) is 11.2. The van der Waals surface area contributed by atoms with Crippen molar-refractivity contribution in [3.8, 4) is 5.75 Å². The minimum Gasteiger partial charge on any atom is -0.493 e. The van der Waals surface area contributed by atoms with Gasteiger partial charge in [-0.3, -0.25) is 20.3 Å². The number of sulfonamides is 1. The van der Waals surface area contributed by atoms with Crippen LogP contribution >= 0.6 is 23.2 Å². The van der Waals surface area contributed by atoms with E-state index >= 15 is 0 Å². The van der Waals surface area contributed by atoms with E-state index in [2.05, 4.69) is 10.6 Å². The van der Waals surface area contributed by atoms with Crippen LogP contribution in [0.4, 0.5) is 13.2 Å². The molecule has 5 rings (SSSR count). The van der Waals surface area contributed by atoms with Gasteiger partial charge in [0.2, 0.25) is 10.0 Å². The van der Waals surface area contributed by atoms with Crippen LogP contribution in [0, 0.1) is 0 Å². The Bertz CT molecular complexity index is 1600. The van der Waals surface area contributed by atoms with Gasteiger partial charge in [-0.25, -0.2) is 13.6 Å². The van der Waals surface area contributed by atoms with Crippen LogP contribution < -0.4 is 20.5 Å². The molecule has 9 nitrogen and oxygen atoms in total. The van der Waals surface area contributed by atoms with Crippen LogP contribution in [0.1, 0.15) is 41.3 Å². The summed E-state index contributed by atoms with van der Waals surface area (Å²) in [5.41, 5.74) is -0.883. The van der Waals surface area contributed by atoms with E-state index < -0.39 is 45.4 Å². The molecule has 1 amide bonds. The van der Waals surface area contributed by atoms with Gasteiger partial charge >= 0.3 is 6.18 Å². The Kier molecular flexibility index (Phi) is 10.2. The molecule has 248 valence electrons. The van der Waals surface area contributed by atoms with Crippen LogP contribution in [-0.2, 0) is 26.7 Å². The molecule has 0 spiro atoms. The van der Waals surface area contributed by atoms with Crippen molar-refractivity contribution in [2.45, 2.75) is 30.8 Å². The van der Waals surface area contributed by atoms with E-state index in [1.165, 1.54) is 6.07 Å². The number of ether oxygens (including phenoxy) is 1. The first-order valence-electron chi connectivity index (χ1n) is 14.6. The van der Waals surface area contributed by atoms with E-state index in [0.29, 0.717) is 23.1 Å². The highest BCUT2D eigenvalue weighted by Crippen LogP contribution is 2.46. The minimum absolute atomic E-state index is 0.0581. The molecule has 2 atom stereocenters. The number of benzene rings is 3. The zero-order valence-electron chi connectivity index (χ0n) is 24.9. The van der Waals surface area contributed by atoms with Gasteiger partial charge in [0, 0.05) is 48.3 Å². The van der Waals surface area contributed by atoms with Crippen molar-refractivity contribution in [3.05, 3.63) is 99.0 Å². The summed E-state index contributed by atoms with van der Waals surface area (Å²) in [6.45, 7) is 3.18. The summed E-state index contributed by atoms with van der Waals surface area (Å²) in [7, 11) is -3.66. The lowest BCUT2D eigenvalue weighted by molar-refractivity contribution is -0.141. The number of carbonyl (C=O) groups is 1. The third-order valence-electron chi connectivity index (χ3n) is 8.22. The molecule has 0 aromatic heterocycles. The van der Waals surface area contributed by atoms with Crippen LogP contribution in [0.15, 0.2) is 66.7 Å². The largest absolute Gasteiger partial charge is 0.493 e. The number of nitrogens with two attached hydrogens (primary N) is 1. The van der Waals surface area contributed by atoms with Crippen LogP contribution in [0.3, 0.4) is 0 Å². The molecule has 2 unspecified atom stereocenters. The smallest absolute Gasteiger partial charge is 0.416 e. The molecule has 0 aliphatic carbocycles. The van der Waals surface area contributed by atoms with Gasteiger partial charge in [0.05, 0.1) is 30.0 Å². The summed E-state index contributed by atoms with van der Waals surface area (Å²) in [5, 5.41) is 13.2. The molecule has 0 saturated carbocycles. The molecule has 2 fully saturated rings. The van der Waals surface area contributed by atoms with Crippen molar-refractivity contribution in [1.29, 1.82) is 0 Å². The Balaban J connectivity index is 1.60. The number of alkyl halides is 3. The van der Waals surface area contributed by atoms with Gasteiger partial charge < -0.3 is 9.64 Å². The molecule has 3 aromatic rings. The van der Waals surface area contributed by atoms with E-state index in [9.17, 15) is 26.4 Å². The fourth-order valence-electron chi connectivity index (χ4n) is 5.91. The number of carbonyl (C=O) groups excluding carboxylic acids is 1. The summed E-state index contributed by atoms with van der Waals surface area (Å²) in [5.74, 6) is -0.734. The number of halogens is 5. The van der Waals surface area contributed by atoms with Crippen LogP contribution in [0.25, 0.3) is 0 Å². The Labute approximate surface area is 275 Å². The average molecular weight is 701 g/mol. The highest BCUT2D eigenvalue weighted by molar-refractivity contribution is 7.89. The van der Waals surface area contributed by atoms with Gasteiger partial charge in [0.25, 0.3) is 5.91 Å². The van der Waals surface area contributed by atoms with Crippen LogP contribution in [-0.4, -0.2) is 69.2 Å². The molecule has 2 aliphatic rings. The Morgan fingerprint density at radius 1 is 0.935 bits per heavy atom. The zero-order chi connectivity index (χ0) is 33.3. The lowest BCUT2D eigenvalue weighted by Crippen LogP contribution is -2.62. The number of primary sulfonamides is 1. The second kappa shape index (κ2) is 13.7. The Morgan fingerprint density at radius 3 is 1.91 bits per heavy atom. The van der Waals surface area contributed by atoms with E-state index in [1.807, 2.05) is 29.2 Å². The van der Waals surface area contributed by atoms with Gasteiger partial charge in [0.15, 0.2) is 5.66 Å². The van der Waals surface area contributed by atoms with E-state index in [1.54, 1.807) is 36.1 Å². The molecule has 4 N–H and O–H groups in total. The maximum absolute atomic E-state index is 14.8. The fourth-order valence-corrected chi connectivity index (χ4v) is 6.68. The lowest BCUT2D eigenvalue weighted by atomic mass is 9.94. The Hall–Kier alpha value is -2.91. The highest BCUT2D eigenvalue weighted by atomic mass is 35.5. The predicted octanol–water partition coefficient (Wildman–Crippen LogP) is 4.67. The number of hydrogen-bond donors (Lipinski definition) is 3. The molecule has 46 heavy (non-hydrogen) atoms. The van der Waals surface area contributed by atoms with Gasteiger partial charge in [0.1, 0.15) is 5.75 Å². The van der Waals surface area contributed by atoms with Crippen molar-refractivity contribution < 1.29 is 31.1 Å². The van der Waals surface area contributed by atoms with Crippen molar-refractivity contribution >= 4 is 39.1 Å². The first kappa shape index (κ1) is 34.4. The minimum atomic E-state index is -4.64. The summed E-state index contributed by atoms with van der Waals surface area (Å²) in [6.07, 6.45) is -4.64. The van der Waals surface area contributed by atoms with Crippen LogP contribution in [0.2, 0.25) is 10.0 Å². The van der Waals surface area contributed by atoms with Gasteiger partial charge in [-0.15, -0.1) is 0 Å². The number of nitrogens with one attached hydrogen (secondary N) is 2. The quantitative estimate of drug-likeness (QED) is 0.297. The number of rotatable bonds is 9. The molecule has 2 aliphatic heterocycles. The first-order chi connectivity index (χ1) is 21.7. The van der Waals surface area contributed by atoms with Gasteiger partial charge in [-0.05, 0) is 54.4 Å². The van der Waals surface area contributed by atoms with E-state index in [-0.39, 0.29) is 43.3 Å². The highest BCUT2D eigenvalue weighted by Gasteiger charge is 2.54. The number of amides is 1. The molecular weight excluding hydrogens is 666 g/mol. The van der Waals surface area contributed by atoms with Crippen molar-refractivity contribution in [2.75, 3.05) is 45.1 Å². The molecule has 2 heterocycles. The predicted molar refractivity (Wildman–Crippen MR) is 170 cm³/mol. The number of hydrogen-bond acceptors (Lipinski definition) is 7. The second-order valence-corrected chi connectivity index (χ2v) is 13.8. The average Bonchev–Trinajstić information content (AvgIpc) is 3.42. The lowest BCUT2D eigenvalue weighted by Gasteiger charge is -2.40. The van der Waals surface area contributed by atoms with E-state index in [4.69, 9.17) is 33.1 Å². The third-order valence-corrected chi connectivity index (χ3v) is 9.48. The number of nitrogens with zero attached hydrogens (tertiary/aromatic N) is 2. The molecule has 0 bridgehead atoms. The van der Waals surface area contributed by atoms with Crippen molar-refractivity contribution in [1.82, 2.24) is 20.4 Å². The van der Waals surface area contributed by atoms with Gasteiger partial charge in [-0.2, -0.15) is 13.2 Å². The topological polar surface area (TPSA) is 117 Å². The van der Waals surface area contributed by atoms with Crippen molar-refractivity contribution in [2.24, 2.45) is 5.14 Å². The third kappa shape index (κ3) is 7.62. The molecule has 15 heteroatoms. The number of piperazine rings is 1. The SMILES string of the molecule is CCOc1cc(C(F)(F)F)ccc1C1(C(=O)N2CCN(CCS(N)(=O)=O)CC2)NC(c2ccc(Cl)cc2)C(c2ccc(Cl)cc2)N1. The summed E-state index contributed by atoms with van der Waals surface area (Å²) >= 11 is 12.4. The van der Waals surface area contributed by atoms with E-state index in [0.717, 1.165) is 23.3 Å². The fraction of sp³-hybridized carbons (Fsp3) is 0.387. The van der Waals surface area contributed by atoms with Crippen LogP contribution in [0.5, 0.6) is 5.75 Å². The standard InChI is InChI=1S/C31H34Cl2F3N5O4S/c1-2-45-26-19-22(31(34,35)36)7-12-25(26)30(29(42)41-15-13-40(14-16-41)17-18-46(37,43)44)38-27(20-3-8-23(32)9-4-20)28(39-30)21-5-10-24(33)11-6-21/h3-12,19,27-28,38-39H,2,13-18H2,1H3,(H2,37,43,44). The summed E-state index contributed by atoms with van der Waals surface area (Å²) in [4.78, 5) is 18.3. The monoisotopic (exact) mass is 699 g/mol. The summed E-state index contributed by atoms with van der Waals surface area (Å²) in [6, 6.07) is 16.2. The maximum Gasteiger partial charge on any atom is 0.416 e. The molecule has 3 aromatic carbocycles. The molecular formula is C31H34Cl2F3N5O4S. The van der Waals surface area contributed by atoms with Gasteiger partial charge in [-0.1, -0.05) is 53.5 Å². The Morgan fingerprint density at radius 2 is 1.46 bits per heavy atom. The first-order valence-corrected chi connectivity index (χ1v) is 17.1. The molecule has 0 radical (unpaired) electrons. The van der Waals surface area contributed by atoms with Crippen molar-refractivity contribution in [3.63, 3.8) is 0 Å². The molecule has 2 saturated heterocycles. The zero-order valence-corrected chi connectivity index (χ0v) is 27.2.